The lowest BCUT2D eigenvalue weighted by molar-refractivity contribution is -0.200. The van der Waals surface area contributed by atoms with Gasteiger partial charge in [0.15, 0.2) is 11.5 Å². The molecule has 6 nitrogen and oxygen atoms in total. The minimum Gasteiger partial charge on any atom is -0.504 e. The molecule has 2 aromatic carbocycles. The molecule has 190 valence electrons. The number of ether oxygens (including phenoxy) is 1. The Balaban J connectivity index is 1.23. The fourth-order valence-corrected chi connectivity index (χ4v) is 8.64. The van der Waals surface area contributed by atoms with Crippen molar-refractivity contribution in [2.24, 2.45) is 5.92 Å². The molecule has 5 atom stereocenters. The Hall–Kier alpha value is -2.22. The van der Waals surface area contributed by atoms with Gasteiger partial charge >= 0.3 is 0 Å². The standard InChI is InChI=1S/C29H34N2O4S/c1-30(24(33)17-36-20-5-3-2-4-6-20)21-11-12-29(34)23-15-19-9-10-22(32)26-25(19)28(29,27(21)35-26)13-14-31(23)16-18-7-8-18/h2-6,9-10,18,21,23,27,32,34H,7-8,11-17H2,1H3/t21-,23+,27+,28+,29-/m1/s1. The third-order valence-electron chi connectivity index (χ3n) is 9.73. The summed E-state index contributed by atoms with van der Waals surface area (Å²) in [5.74, 6) is 1.88. The molecule has 3 aliphatic carbocycles. The molecule has 2 aromatic rings. The number of phenolic OH excluding ortho intramolecular Hbond substituents is 1. The first-order chi connectivity index (χ1) is 17.4. The maximum absolute atomic E-state index is 13.4. The zero-order valence-electron chi connectivity index (χ0n) is 20.7. The number of carbonyl (C=O) groups is 1. The van der Waals surface area contributed by atoms with E-state index in [9.17, 15) is 15.0 Å². The fraction of sp³-hybridized carbons (Fsp3) is 0.552. The number of likely N-dealkylation sites (tertiary alicyclic amines) is 1. The van der Waals surface area contributed by atoms with Crippen molar-refractivity contribution in [2.75, 3.05) is 25.9 Å². The first-order valence-electron chi connectivity index (χ1n) is 13.3. The summed E-state index contributed by atoms with van der Waals surface area (Å²) in [5, 5.41) is 23.4. The van der Waals surface area contributed by atoms with Crippen LogP contribution in [0.4, 0.5) is 0 Å². The molecule has 2 bridgehead atoms. The van der Waals surface area contributed by atoms with E-state index in [1.54, 1.807) is 17.8 Å². The summed E-state index contributed by atoms with van der Waals surface area (Å²) in [6, 6.07) is 13.7. The van der Waals surface area contributed by atoms with E-state index in [1.165, 1.54) is 18.4 Å². The van der Waals surface area contributed by atoms with Crippen molar-refractivity contribution in [3.63, 3.8) is 0 Å². The van der Waals surface area contributed by atoms with Gasteiger partial charge in [-0.15, -0.1) is 11.8 Å². The first-order valence-corrected chi connectivity index (χ1v) is 14.3. The number of hydrogen-bond donors (Lipinski definition) is 2. The number of hydrogen-bond acceptors (Lipinski definition) is 6. The second-order valence-electron chi connectivity index (χ2n) is 11.5. The Labute approximate surface area is 216 Å². The quantitative estimate of drug-likeness (QED) is 0.584. The van der Waals surface area contributed by atoms with Crippen LogP contribution in [0.3, 0.4) is 0 Å². The van der Waals surface area contributed by atoms with E-state index in [1.807, 2.05) is 48.3 Å². The molecule has 1 saturated heterocycles. The lowest BCUT2D eigenvalue weighted by Gasteiger charge is -2.64. The van der Waals surface area contributed by atoms with E-state index in [0.717, 1.165) is 42.3 Å². The van der Waals surface area contributed by atoms with Gasteiger partial charge in [0, 0.05) is 30.1 Å². The number of aromatic hydroxyl groups is 1. The second-order valence-corrected chi connectivity index (χ2v) is 12.6. The van der Waals surface area contributed by atoms with Crippen molar-refractivity contribution in [1.82, 2.24) is 9.80 Å². The molecule has 0 radical (unpaired) electrons. The molecule has 0 unspecified atom stereocenters. The third-order valence-corrected chi connectivity index (χ3v) is 10.7. The zero-order valence-corrected chi connectivity index (χ0v) is 21.5. The molecule has 7 rings (SSSR count). The molecule has 1 spiro atoms. The number of aliphatic hydroxyl groups is 1. The van der Waals surface area contributed by atoms with Crippen LogP contribution in [0.2, 0.25) is 0 Å². The van der Waals surface area contributed by atoms with Crippen LogP contribution >= 0.6 is 11.8 Å². The van der Waals surface area contributed by atoms with Gasteiger partial charge in [-0.3, -0.25) is 9.69 Å². The average Bonchev–Trinajstić information content (AvgIpc) is 3.63. The highest BCUT2D eigenvalue weighted by Crippen LogP contribution is 2.66. The molecule has 2 N–H and O–H groups in total. The molecule has 1 amide bonds. The van der Waals surface area contributed by atoms with Crippen LogP contribution < -0.4 is 4.74 Å². The van der Waals surface area contributed by atoms with Crippen LogP contribution in [0.15, 0.2) is 47.4 Å². The molecule has 5 aliphatic rings. The molecule has 2 saturated carbocycles. The predicted octanol–water partition coefficient (Wildman–Crippen LogP) is 3.58. The molecule has 3 fully saturated rings. The maximum atomic E-state index is 13.4. The average molecular weight is 507 g/mol. The van der Waals surface area contributed by atoms with E-state index in [2.05, 4.69) is 4.90 Å². The highest BCUT2D eigenvalue weighted by molar-refractivity contribution is 8.00. The normalized spacial score (nSPS) is 34.1. The summed E-state index contributed by atoms with van der Waals surface area (Å²) in [5.41, 5.74) is 0.690. The topological polar surface area (TPSA) is 73.2 Å². The van der Waals surface area contributed by atoms with Gasteiger partial charge in [-0.05, 0) is 74.8 Å². The Kier molecular flexibility index (Phi) is 5.19. The number of piperidine rings is 1. The molecular weight excluding hydrogens is 472 g/mol. The van der Waals surface area contributed by atoms with Crippen LogP contribution in [-0.2, 0) is 16.6 Å². The molecule has 0 aromatic heterocycles. The van der Waals surface area contributed by atoms with Crippen molar-refractivity contribution in [1.29, 1.82) is 0 Å². The van der Waals surface area contributed by atoms with Crippen LogP contribution in [0, 0.1) is 5.92 Å². The number of phenols is 1. The van der Waals surface area contributed by atoms with E-state index in [0.29, 0.717) is 24.3 Å². The lowest BCUT2D eigenvalue weighted by Crippen LogP contribution is -2.78. The van der Waals surface area contributed by atoms with Crippen molar-refractivity contribution >= 4 is 17.7 Å². The van der Waals surface area contributed by atoms with Gasteiger partial charge in [0.05, 0.1) is 22.8 Å². The summed E-state index contributed by atoms with van der Waals surface area (Å²) in [6.45, 7) is 1.99. The largest absolute Gasteiger partial charge is 0.504 e. The Morgan fingerprint density at radius 2 is 1.97 bits per heavy atom. The predicted molar refractivity (Wildman–Crippen MR) is 139 cm³/mol. The number of carbonyl (C=O) groups excluding carboxylic acids is 1. The Morgan fingerprint density at radius 1 is 1.17 bits per heavy atom. The Bertz CT molecular complexity index is 1200. The fourth-order valence-electron chi connectivity index (χ4n) is 7.80. The minimum absolute atomic E-state index is 0.0523. The Morgan fingerprint density at radius 3 is 2.75 bits per heavy atom. The van der Waals surface area contributed by atoms with E-state index < -0.39 is 11.0 Å². The van der Waals surface area contributed by atoms with Crippen molar-refractivity contribution in [3.05, 3.63) is 53.6 Å². The first kappa shape index (κ1) is 22.9. The molecule has 7 heteroatoms. The van der Waals surface area contributed by atoms with Crippen molar-refractivity contribution in [2.45, 2.75) is 72.6 Å². The highest BCUT2D eigenvalue weighted by atomic mass is 32.2. The van der Waals surface area contributed by atoms with Gasteiger partial charge in [-0.1, -0.05) is 24.3 Å². The van der Waals surface area contributed by atoms with Gasteiger partial charge in [0.1, 0.15) is 6.10 Å². The molecule has 2 heterocycles. The molecular formula is C29H34N2O4S. The zero-order chi connectivity index (χ0) is 24.7. The minimum atomic E-state index is -0.921. The summed E-state index contributed by atoms with van der Waals surface area (Å²) < 4.78 is 6.62. The smallest absolute Gasteiger partial charge is 0.233 e. The number of likely N-dealkylation sites (N-methyl/N-ethyl adjacent to an activating group) is 1. The van der Waals surface area contributed by atoms with Gasteiger partial charge in [-0.2, -0.15) is 0 Å². The van der Waals surface area contributed by atoms with Crippen molar-refractivity contribution in [3.8, 4) is 11.5 Å². The number of thioether (sulfide) groups is 1. The van der Waals surface area contributed by atoms with E-state index in [4.69, 9.17) is 4.74 Å². The molecule has 36 heavy (non-hydrogen) atoms. The highest BCUT2D eigenvalue weighted by Gasteiger charge is 2.73. The number of benzene rings is 2. The van der Waals surface area contributed by atoms with Gasteiger partial charge in [0.2, 0.25) is 5.91 Å². The number of nitrogens with zero attached hydrogens (tertiary/aromatic N) is 2. The summed E-state index contributed by atoms with van der Waals surface area (Å²) >= 11 is 1.55. The maximum Gasteiger partial charge on any atom is 0.233 e. The summed E-state index contributed by atoms with van der Waals surface area (Å²) in [7, 11) is 1.88. The summed E-state index contributed by atoms with van der Waals surface area (Å²) in [4.78, 5) is 18.8. The van der Waals surface area contributed by atoms with Crippen LogP contribution in [0.1, 0.15) is 43.2 Å². The lowest BCUT2D eigenvalue weighted by atomic mass is 9.48. The van der Waals surface area contributed by atoms with E-state index >= 15 is 0 Å². The van der Waals surface area contributed by atoms with Crippen LogP contribution in [0.25, 0.3) is 0 Å². The number of amides is 1. The number of rotatable bonds is 6. The summed E-state index contributed by atoms with van der Waals surface area (Å²) in [6.07, 6.45) is 5.14. The second kappa shape index (κ2) is 8.14. The van der Waals surface area contributed by atoms with Crippen LogP contribution in [-0.4, -0.2) is 75.6 Å². The molecule has 2 aliphatic heterocycles. The SMILES string of the molecule is CN(C(=O)CSc1ccccc1)[C@@H]1CC[C@@]2(O)[C@@H]3Cc4ccc(O)c5c4[C@@]2(CCN3CC2CC2)[C@H]1O5. The van der Waals surface area contributed by atoms with Gasteiger partial charge in [-0.25, -0.2) is 0 Å². The van der Waals surface area contributed by atoms with Crippen LogP contribution in [0.5, 0.6) is 11.5 Å². The monoisotopic (exact) mass is 506 g/mol. The van der Waals surface area contributed by atoms with E-state index in [-0.39, 0.29) is 29.8 Å². The van der Waals surface area contributed by atoms with Gasteiger partial charge < -0.3 is 19.8 Å². The van der Waals surface area contributed by atoms with Gasteiger partial charge in [0.25, 0.3) is 0 Å². The third kappa shape index (κ3) is 3.15. The van der Waals surface area contributed by atoms with Crippen molar-refractivity contribution < 1.29 is 19.7 Å².